The molecule has 0 aliphatic rings. The summed E-state index contributed by atoms with van der Waals surface area (Å²) in [6.45, 7) is 2.40. The van der Waals surface area contributed by atoms with Crippen LogP contribution in [0.4, 0.5) is 5.69 Å². The molecule has 2 aromatic carbocycles. The van der Waals surface area contributed by atoms with E-state index in [1.165, 1.54) is 17.1 Å². The molecule has 9 heteroatoms. The smallest absolute Gasteiger partial charge is 0.248 e. The molecule has 30 heavy (non-hydrogen) atoms. The van der Waals surface area contributed by atoms with Crippen molar-refractivity contribution in [3.8, 4) is 11.4 Å². The highest BCUT2D eigenvalue weighted by Gasteiger charge is 2.03. The number of anilines is 1. The largest absolute Gasteiger partial charge is 0.487 e. The fourth-order valence-electron chi connectivity index (χ4n) is 2.67. The summed E-state index contributed by atoms with van der Waals surface area (Å²) in [6.07, 6.45) is 4.72. The molecule has 4 rings (SSSR count). The van der Waals surface area contributed by atoms with Crippen molar-refractivity contribution in [2.75, 3.05) is 5.32 Å². The van der Waals surface area contributed by atoms with Gasteiger partial charge in [-0.05, 0) is 59.3 Å². The van der Waals surface area contributed by atoms with Crippen molar-refractivity contribution in [2.45, 2.75) is 13.5 Å². The van der Waals surface area contributed by atoms with Gasteiger partial charge >= 0.3 is 0 Å². The summed E-state index contributed by atoms with van der Waals surface area (Å²) < 4.78 is 7.25. The quantitative estimate of drug-likeness (QED) is 0.460. The third-order valence-electron chi connectivity index (χ3n) is 4.09. The normalized spacial score (nSPS) is 11.0. The molecule has 0 aliphatic heterocycles. The molecule has 1 amide bonds. The lowest BCUT2D eigenvalue weighted by atomic mass is 10.2. The van der Waals surface area contributed by atoms with Gasteiger partial charge in [-0.15, -0.1) is 16.4 Å². The van der Waals surface area contributed by atoms with Crippen LogP contribution in [-0.4, -0.2) is 31.1 Å². The topological polar surface area (TPSA) is 94.8 Å². The summed E-state index contributed by atoms with van der Waals surface area (Å²) in [5.74, 6) is 0.518. The number of rotatable bonds is 7. The van der Waals surface area contributed by atoms with Crippen LogP contribution in [0, 0.1) is 6.92 Å². The average Bonchev–Trinajstić information content (AvgIpc) is 3.44. The number of thiazole rings is 1. The molecule has 2 aromatic heterocycles. The second kappa shape index (κ2) is 9.10. The van der Waals surface area contributed by atoms with Crippen LogP contribution in [-0.2, 0) is 11.4 Å². The number of aryl methyl sites for hydroxylation is 1. The number of tetrazole rings is 1. The number of nitrogens with zero attached hydrogens (tertiary/aromatic N) is 5. The second-order valence-electron chi connectivity index (χ2n) is 6.34. The number of hydrogen-bond acceptors (Lipinski definition) is 7. The van der Waals surface area contributed by atoms with E-state index < -0.39 is 0 Å². The molecule has 0 fully saturated rings. The highest BCUT2D eigenvalue weighted by Crippen LogP contribution is 2.17. The first-order chi connectivity index (χ1) is 14.7. The van der Waals surface area contributed by atoms with Crippen molar-refractivity contribution in [2.24, 2.45) is 0 Å². The molecular formula is C21H18N6O2S. The predicted molar refractivity (Wildman–Crippen MR) is 114 cm³/mol. The van der Waals surface area contributed by atoms with Crippen LogP contribution in [0.1, 0.15) is 16.3 Å². The Bertz CT molecular complexity index is 1150. The minimum atomic E-state index is -0.233. The van der Waals surface area contributed by atoms with Crippen molar-refractivity contribution >= 4 is 29.0 Å². The lowest BCUT2D eigenvalue weighted by Crippen LogP contribution is -2.08. The first kappa shape index (κ1) is 19.5. The Morgan fingerprint density at radius 3 is 2.83 bits per heavy atom. The first-order valence-electron chi connectivity index (χ1n) is 9.12. The van der Waals surface area contributed by atoms with Crippen LogP contribution in [0.25, 0.3) is 11.8 Å². The Kier molecular flexibility index (Phi) is 5.90. The Hall–Kier alpha value is -3.85. The second-order valence-corrected chi connectivity index (χ2v) is 7.41. The van der Waals surface area contributed by atoms with Gasteiger partial charge in [0.25, 0.3) is 0 Å². The molecule has 2 heterocycles. The van der Waals surface area contributed by atoms with E-state index in [2.05, 4.69) is 25.8 Å². The minimum Gasteiger partial charge on any atom is -0.487 e. The van der Waals surface area contributed by atoms with Gasteiger partial charge in [-0.25, -0.2) is 9.67 Å². The van der Waals surface area contributed by atoms with Gasteiger partial charge in [-0.3, -0.25) is 4.79 Å². The molecule has 0 bridgehead atoms. The molecule has 8 nitrogen and oxygen atoms in total. The maximum Gasteiger partial charge on any atom is 0.248 e. The van der Waals surface area contributed by atoms with E-state index in [1.54, 1.807) is 29.5 Å². The molecule has 0 saturated carbocycles. The zero-order chi connectivity index (χ0) is 20.8. The lowest BCUT2D eigenvalue weighted by Gasteiger charge is -2.05. The minimum absolute atomic E-state index is 0.233. The molecule has 0 aliphatic carbocycles. The van der Waals surface area contributed by atoms with E-state index in [0.717, 1.165) is 27.7 Å². The number of amides is 1. The Morgan fingerprint density at radius 1 is 1.23 bits per heavy atom. The van der Waals surface area contributed by atoms with Crippen LogP contribution in [0.2, 0.25) is 0 Å². The third-order valence-corrected chi connectivity index (χ3v) is 4.91. The standard InChI is InChI=1S/C21H18N6O2S/c1-15-23-18(13-30-15)12-29-20-8-5-16(6-9-20)7-10-21(28)24-17-3-2-4-19(11-17)27-14-22-25-26-27/h2-11,13-14H,12H2,1H3,(H,24,28)/b10-7+. The fourth-order valence-corrected chi connectivity index (χ4v) is 3.27. The predicted octanol–water partition coefficient (Wildman–Crippen LogP) is 3.66. The molecule has 0 spiro atoms. The number of carbonyl (C=O) groups excluding carboxylic acids is 1. The van der Waals surface area contributed by atoms with Crippen molar-refractivity contribution in [1.29, 1.82) is 0 Å². The van der Waals surface area contributed by atoms with E-state index in [4.69, 9.17) is 4.74 Å². The van der Waals surface area contributed by atoms with Gasteiger partial charge in [0.1, 0.15) is 18.7 Å². The van der Waals surface area contributed by atoms with Crippen molar-refractivity contribution in [1.82, 2.24) is 25.2 Å². The highest BCUT2D eigenvalue weighted by molar-refractivity contribution is 7.09. The zero-order valence-electron chi connectivity index (χ0n) is 16.1. The van der Waals surface area contributed by atoms with Gasteiger partial charge in [-0.1, -0.05) is 18.2 Å². The van der Waals surface area contributed by atoms with Gasteiger partial charge < -0.3 is 10.1 Å². The number of benzene rings is 2. The van der Waals surface area contributed by atoms with Crippen LogP contribution in [0.3, 0.4) is 0 Å². The maximum absolute atomic E-state index is 12.2. The molecule has 4 aromatic rings. The summed E-state index contributed by atoms with van der Waals surface area (Å²) in [7, 11) is 0. The van der Waals surface area contributed by atoms with Gasteiger partial charge in [0.2, 0.25) is 5.91 Å². The maximum atomic E-state index is 12.2. The SMILES string of the molecule is Cc1nc(COc2ccc(/C=C/C(=O)Nc3cccc(-n4cnnn4)c3)cc2)cs1. The van der Waals surface area contributed by atoms with Crippen molar-refractivity contribution in [3.63, 3.8) is 0 Å². The van der Waals surface area contributed by atoms with Gasteiger partial charge in [0.15, 0.2) is 0 Å². The lowest BCUT2D eigenvalue weighted by molar-refractivity contribution is -0.111. The Labute approximate surface area is 176 Å². The van der Waals surface area contributed by atoms with E-state index in [9.17, 15) is 4.79 Å². The van der Waals surface area contributed by atoms with Gasteiger partial charge in [-0.2, -0.15) is 0 Å². The Morgan fingerprint density at radius 2 is 2.10 bits per heavy atom. The number of hydrogen-bond donors (Lipinski definition) is 1. The molecule has 1 N–H and O–H groups in total. The molecule has 0 radical (unpaired) electrons. The summed E-state index contributed by atoms with van der Waals surface area (Å²) in [4.78, 5) is 16.6. The Balaban J connectivity index is 1.32. The number of aromatic nitrogens is 5. The summed E-state index contributed by atoms with van der Waals surface area (Å²) in [5.41, 5.74) is 3.22. The van der Waals surface area contributed by atoms with Crippen LogP contribution >= 0.6 is 11.3 Å². The summed E-state index contributed by atoms with van der Waals surface area (Å²) >= 11 is 1.60. The number of ether oxygens (including phenoxy) is 1. The molecule has 150 valence electrons. The first-order valence-corrected chi connectivity index (χ1v) is 10.00. The summed E-state index contributed by atoms with van der Waals surface area (Å²) in [6, 6.07) is 14.8. The van der Waals surface area contributed by atoms with Gasteiger partial charge in [0, 0.05) is 17.1 Å². The van der Waals surface area contributed by atoms with Crippen LogP contribution < -0.4 is 10.1 Å². The van der Waals surface area contributed by atoms with Crippen molar-refractivity contribution < 1.29 is 9.53 Å². The highest BCUT2D eigenvalue weighted by atomic mass is 32.1. The van der Waals surface area contributed by atoms with Gasteiger partial charge in [0.05, 0.1) is 16.4 Å². The molecular weight excluding hydrogens is 400 g/mol. The number of carbonyl (C=O) groups is 1. The monoisotopic (exact) mass is 418 g/mol. The van der Waals surface area contributed by atoms with E-state index in [-0.39, 0.29) is 5.91 Å². The third kappa shape index (κ3) is 5.15. The molecule has 0 unspecified atom stereocenters. The van der Waals surface area contributed by atoms with E-state index in [1.807, 2.05) is 48.7 Å². The zero-order valence-corrected chi connectivity index (χ0v) is 16.9. The van der Waals surface area contributed by atoms with Crippen LogP contribution in [0.5, 0.6) is 5.75 Å². The van der Waals surface area contributed by atoms with Crippen molar-refractivity contribution in [3.05, 3.63) is 82.6 Å². The van der Waals surface area contributed by atoms with Crippen LogP contribution in [0.15, 0.2) is 66.3 Å². The molecule has 0 atom stereocenters. The molecule has 0 saturated heterocycles. The average molecular weight is 418 g/mol. The number of nitrogens with one attached hydrogen (secondary N) is 1. The summed E-state index contributed by atoms with van der Waals surface area (Å²) in [5, 5.41) is 16.9. The van der Waals surface area contributed by atoms with E-state index in [0.29, 0.717) is 12.3 Å². The van der Waals surface area contributed by atoms with E-state index >= 15 is 0 Å². The fraction of sp³-hybridized carbons (Fsp3) is 0.0952.